The summed E-state index contributed by atoms with van der Waals surface area (Å²) in [6.45, 7) is 2.29. The number of benzene rings is 9. The van der Waals surface area contributed by atoms with E-state index in [2.05, 4.69) is 236 Å². The smallest absolute Gasteiger partial charge is 0.0539 e. The van der Waals surface area contributed by atoms with Crippen molar-refractivity contribution in [3.8, 4) is 33.4 Å². The lowest BCUT2D eigenvalue weighted by atomic mass is 9.83. The summed E-state index contributed by atoms with van der Waals surface area (Å²) in [5.41, 5.74) is 18.4. The molecule has 1 atom stereocenters. The molecular formula is C61H47N. The molecule has 0 amide bonds. The number of hydrogen-bond donors (Lipinski definition) is 0. The molecule has 9 aromatic carbocycles. The van der Waals surface area contributed by atoms with Crippen molar-refractivity contribution in [3.63, 3.8) is 0 Å². The van der Waals surface area contributed by atoms with Crippen LogP contribution in [0.3, 0.4) is 0 Å². The summed E-state index contributed by atoms with van der Waals surface area (Å²) in [7, 11) is 0. The Kier molecular flexibility index (Phi) is 9.79. The second kappa shape index (κ2) is 16.2. The van der Waals surface area contributed by atoms with E-state index >= 15 is 0 Å². The first-order valence-corrected chi connectivity index (χ1v) is 22.0. The zero-order valence-electron chi connectivity index (χ0n) is 35.0. The van der Waals surface area contributed by atoms with E-state index in [-0.39, 0.29) is 0 Å². The Balaban J connectivity index is 1.20. The monoisotopic (exact) mass is 793 g/mol. The average Bonchev–Trinajstić information content (AvgIpc) is 3.35. The maximum Gasteiger partial charge on any atom is 0.0539 e. The van der Waals surface area contributed by atoms with Gasteiger partial charge >= 0.3 is 0 Å². The fraction of sp³-hybridized carbons (Fsp3) is 0.0820. The third kappa shape index (κ3) is 6.86. The molecule has 0 radical (unpaired) electrons. The highest BCUT2D eigenvalue weighted by Crippen LogP contribution is 2.50. The van der Waals surface area contributed by atoms with Crippen molar-refractivity contribution in [2.24, 2.45) is 5.92 Å². The molecule has 0 heterocycles. The van der Waals surface area contributed by atoms with Gasteiger partial charge < -0.3 is 4.90 Å². The highest BCUT2D eigenvalue weighted by Gasteiger charge is 2.25. The Morgan fingerprint density at radius 3 is 1.77 bits per heavy atom. The van der Waals surface area contributed by atoms with Crippen LogP contribution in [0.4, 0.5) is 17.1 Å². The first-order valence-electron chi connectivity index (χ1n) is 22.0. The van der Waals surface area contributed by atoms with E-state index < -0.39 is 0 Å². The van der Waals surface area contributed by atoms with Crippen LogP contribution in [0.25, 0.3) is 66.1 Å². The fourth-order valence-corrected chi connectivity index (χ4v) is 9.81. The molecule has 62 heavy (non-hydrogen) atoms. The molecule has 0 aliphatic heterocycles. The molecule has 1 nitrogen and oxygen atoms in total. The van der Waals surface area contributed by atoms with Crippen molar-refractivity contribution >= 4 is 49.8 Å². The van der Waals surface area contributed by atoms with Gasteiger partial charge in [-0.25, -0.2) is 0 Å². The van der Waals surface area contributed by atoms with Crippen molar-refractivity contribution in [2.75, 3.05) is 4.90 Å². The van der Waals surface area contributed by atoms with Crippen LogP contribution >= 0.6 is 0 Å². The van der Waals surface area contributed by atoms with Gasteiger partial charge in [0.1, 0.15) is 0 Å². The van der Waals surface area contributed by atoms with Gasteiger partial charge in [0.15, 0.2) is 0 Å². The lowest BCUT2D eigenvalue weighted by molar-refractivity contribution is 0.739. The summed E-state index contributed by atoms with van der Waals surface area (Å²) >= 11 is 0. The van der Waals surface area contributed by atoms with Crippen molar-refractivity contribution in [3.05, 3.63) is 247 Å². The van der Waals surface area contributed by atoms with Crippen molar-refractivity contribution in [1.82, 2.24) is 0 Å². The maximum atomic E-state index is 2.50. The predicted octanol–water partition coefficient (Wildman–Crippen LogP) is 16.8. The minimum Gasteiger partial charge on any atom is -0.310 e. The summed E-state index contributed by atoms with van der Waals surface area (Å²) < 4.78 is 0. The molecule has 2 aliphatic carbocycles. The highest BCUT2D eigenvalue weighted by molar-refractivity contribution is 6.17. The second-order valence-electron chi connectivity index (χ2n) is 16.8. The van der Waals surface area contributed by atoms with Crippen LogP contribution < -0.4 is 4.90 Å². The van der Waals surface area contributed by atoms with E-state index in [1.807, 2.05) is 0 Å². The summed E-state index contributed by atoms with van der Waals surface area (Å²) in [6, 6.07) is 74.1. The van der Waals surface area contributed by atoms with Gasteiger partial charge in [-0.15, -0.1) is 0 Å². The minimum absolute atomic E-state index is 0.523. The molecule has 0 fully saturated rings. The van der Waals surface area contributed by atoms with Crippen LogP contribution in [0.2, 0.25) is 0 Å². The van der Waals surface area contributed by atoms with E-state index in [0.717, 1.165) is 36.3 Å². The molecule has 1 heteroatoms. The summed E-state index contributed by atoms with van der Waals surface area (Å²) in [4.78, 5) is 2.50. The third-order valence-corrected chi connectivity index (χ3v) is 12.9. The van der Waals surface area contributed by atoms with Crippen LogP contribution in [0.5, 0.6) is 0 Å². The first-order chi connectivity index (χ1) is 30.7. The second-order valence-corrected chi connectivity index (χ2v) is 16.8. The van der Waals surface area contributed by atoms with E-state index in [1.54, 1.807) is 0 Å². The molecule has 296 valence electrons. The van der Waals surface area contributed by atoms with E-state index in [4.69, 9.17) is 0 Å². The molecule has 0 bridgehead atoms. The molecule has 0 N–H and O–H groups in total. The Bertz CT molecular complexity index is 3140. The van der Waals surface area contributed by atoms with Crippen LogP contribution in [0.15, 0.2) is 224 Å². The SMILES string of the molecule is CC1C=CC(c2ccccc2N(c2ccc(C3=CCCc4ccccc43)cc2)c2cc(-c3ccccc3)c(-c3cc4ccccc4c4ccccc34)c(-c3ccccc3)c2)=CC1. The Labute approximate surface area is 365 Å². The number of nitrogens with zero attached hydrogens (tertiary/aromatic N) is 1. The summed E-state index contributed by atoms with van der Waals surface area (Å²) in [6.07, 6.45) is 12.7. The van der Waals surface area contributed by atoms with Crippen LogP contribution in [-0.2, 0) is 6.42 Å². The molecule has 0 aromatic heterocycles. The lowest BCUT2D eigenvalue weighted by Gasteiger charge is -2.31. The number of rotatable bonds is 8. The maximum absolute atomic E-state index is 2.50. The minimum atomic E-state index is 0.523. The van der Waals surface area contributed by atoms with Gasteiger partial charge in [0.25, 0.3) is 0 Å². The van der Waals surface area contributed by atoms with Gasteiger partial charge in [-0.1, -0.05) is 195 Å². The Morgan fingerprint density at radius 1 is 0.452 bits per heavy atom. The van der Waals surface area contributed by atoms with Crippen LogP contribution in [-0.4, -0.2) is 0 Å². The molecule has 0 saturated carbocycles. The standard InChI is InChI=1S/C61H47N/c1-42-31-33-47(34-32-42)54-26-14-15-30-60(54)62(49-37-35-46(36-38-49)52-29-16-23-43-21-8-10-24-51(43)52)50-40-57(44-17-4-2-5-18-44)61(58(41-50)45-19-6-3-7-20-45)59-39-48-22-9-11-25-53(48)55-27-12-13-28-56(55)59/h2-15,17-22,24-31,33-42H,16,23,32H2,1H3. The van der Waals surface area contributed by atoms with Gasteiger partial charge in [-0.05, 0) is 144 Å². The number of fused-ring (bicyclic) bond motifs is 4. The molecule has 11 rings (SSSR count). The van der Waals surface area contributed by atoms with Gasteiger partial charge in [-0.2, -0.15) is 0 Å². The molecule has 0 saturated heterocycles. The van der Waals surface area contributed by atoms with Crippen molar-refractivity contribution in [2.45, 2.75) is 26.2 Å². The first kappa shape index (κ1) is 37.5. The number of anilines is 3. The van der Waals surface area contributed by atoms with E-state index in [9.17, 15) is 0 Å². The topological polar surface area (TPSA) is 3.24 Å². The van der Waals surface area contributed by atoms with Gasteiger partial charge in [0.2, 0.25) is 0 Å². The number of allylic oxidation sites excluding steroid dienone is 5. The van der Waals surface area contributed by atoms with Gasteiger partial charge in [0, 0.05) is 16.9 Å². The number of hydrogen-bond acceptors (Lipinski definition) is 1. The fourth-order valence-electron chi connectivity index (χ4n) is 9.81. The van der Waals surface area contributed by atoms with Gasteiger partial charge in [-0.3, -0.25) is 0 Å². The summed E-state index contributed by atoms with van der Waals surface area (Å²) in [5.74, 6) is 0.523. The quantitative estimate of drug-likeness (QED) is 0.139. The predicted molar refractivity (Wildman–Crippen MR) is 265 cm³/mol. The largest absolute Gasteiger partial charge is 0.310 e. The average molecular weight is 794 g/mol. The third-order valence-electron chi connectivity index (χ3n) is 12.9. The van der Waals surface area contributed by atoms with Gasteiger partial charge in [0.05, 0.1) is 5.69 Å². The molecular weight excluding hydrogens is 747 g/mol. The van der Waals surface area contributed by atoms with Crippen LogP contribution in [0.1, 0.15) is 42.0 Å². The molecule has 9 aromatic rings. The Hall–Kier alpha value is -7.48. The van der Waals surface area contributed by atoms with Crippen molar-refractivity contribution < 1.29 is 0 Å². The number of para-hydroxylation sites is 1. The normalized spacial score (nSPS) is 14.6. The van der Waals surface area contributed by atoms with Crippen molar-refractivity contribution in [1.29, 1.82) is 0 Å². The molecule has 2 aliphatic rings. The number of aryl methyl sites for hydroxylation is 1. The molecule has 0 spiro atoms. The van der Waals surface area contributed by atoms with E-state index in [0.29, 0.717) is 5.92 Å². The van der Waals surface area contributed by atoms with Crippen LogP contribution in [0, 0.1) is 5.92 Å². The zero-order chi connectivity index (χ0) is 41.4. The molecule has 1 unspecified atom stereocenters. The zero-order valence-corrected chi connectivity index (χ0v) is 35.0. The Morgan fingerprint density at radius 2 is 1.06 bits per heavy atom. The lowest BCUT2D eigenvalue weighted by Crippen LogP contribution is -2.13. The van der Waals surface area contributed by atoms with E-state index in [1.165, 1.54) is 88.3 Å². The summed E-state index contributed by atoms with van der Waals surface area (Å²) in [5, 5.41) is 5.01. The highest BCUT2D eigenvalue weighted by atomic mass is 15.1.